The van der Waals surface area contributed by atoms with E-state index in [0.29, 0.717) is 12.8 Å². The van der Waals surface area contributed by atoms with Crippen molar-refractivity contribution >= 4 is 0 Å². The molecule has 3 nitrogen and oxygen atoms in total. The van der Waals surface area contributed by atoms with Crippen LogP contribution in [-0.2, 0) is 0 Å². The summed E-state index contributed by atoms with van der Waals surface area (Å²) in [6.07, 6.45) is 0.827. The number of rotatable bonds is 3. The highest BCUT2D eigenvalue weighted by molar-refractivity contribution is 5.23. The maximum absolute atomic E-state index is 10.1. The molecule has 0 radical (unpaired) electrons. The molecule has 0 fully saturated rings. The summed E-state index contributed by atoms with van der Waals surface area (Å²) in [7, 11) is 0. The van der Waals surface area contributed by atoms with Gasteiger partial charge in [-0.3, -0.25) is 0 Å². The van der Waals surface area contributed by atoms with Crippen LogP contribution in [0.25, 0.3) is 0 Å². The summed E-state index contributed by atoms with van der Waals surface area (Å²) in [4.78, 5) is 0. The van der Waals surface area contributed by atoms with E-state index in [2.05, 4.69) is 11.8 Å². The largest absolute Gasteiger partial charge is 0.386 e. The Labute approximate surface area is 92.1 Å². The van der Waals surface area contributed by atoms with Crippen molar-refractivity contribution in [1.29, 1.82) is 0 Å². The Morgan fingerprint density at radius 2 is 1.27 bits per heavy atom. The molecule has 0 aliphatic carbocycles. The van der Waals surface area contributed by atoms with E-state index in [9.17, 15) is 15.3 Å². The second-order valence-electron chi connectivity index (χ2n) is 4.62. The van der Waals surface area contributed by atoms with Gasteiger partial charge in [-0.05, 0) is 33.6 Å². The van der Waals surface area contributed by atoms with Gasteiger partial charge in [0.2, 0.25) is 0 Å². The number of hydrogen-bond donors (Lipinski definition) is 3. The van der Waals surface area contributed by atoms with E-state index in [1.807, 2.05) is 0 Å². The van der Waals surface area contributed by atoms with E-state index in [1.54, 1.807) is 13.8 Å². The summed E-state index contributed by atoms with van der Waals surface area (Å²) in [5.41, 5.74) is -3.89. The fourth-order valence-corrected chi connectivity index (χ4v) is 1.33. The minimum Gasteiger partial charge on any atom is -0.386 e. The molecule has 0 aromatic heterocycles. The van der Waals surface area contributed by atoms with Crippen molar-refractivity contribution in [3.63, 3.8) is 0 Å². The molecule has 0 saturated heterocycles. The van der Waals surface area contributed by atoms with Crippen LogP contribution in [0.15, 0.2) is 0 Å². The summed E-state index contributed by atoms with van der Waals surface area (Å²) in [5, 5.41) is 29.6. The van der Waals surface area contributed by atoms with Crippen molar-refractivity contribution in [2.24, 2.45) is 0 Å². The van der Waals surface area contributed by atoms with Gasteiger partial charge in [0.05, 0.1) is 0 Å². The Kier molecular flexibility index (Phi) is 4.36. The highest BCUT2D eigenvalue weighted by Crippen LogP contribution is 2.28. The summed E-state index contributed by atoms with van der Waals surface area (Å²) in [6.45, 7) is 8.13. The van der Waals surface area contributed by atoms with Gasteiger partial charge in [-0.2, -0.15) is 0 Å². The van der Waals surface area contributed by atoms with Crippen molar-refractivity contribution in [1.82, 2.24) is 0 Å². The van der Waals surface area contributed by atoms with Gasteiger partial charge in [0.25, 0.3) is 0 Å². The van der Waals surface area contributed by atoms with E-state index in [0.717, 1.165) is 0 Å². The third-order valence-electron chi connectivity index (χ3n) is 2.69. The first kappa shape index (κ1) is 14.4. The van der Waals surface area contributed by atoms with Crippen LogP contribution in [0.2, 0.25) is 0 Å². The lowest BCUT2D eigenvalue weighted by molar-refractivity contribution is -0.112. The molecule has 15 heavy (non-hydrogen) atoms. The van der Waals surface area contributed by atoms with Crippen LogP contribution in [0.5, 0.6) is 0 Å². The fourth-order valence-electron chi connectivity index (χ4n) is 1.33. The van der Waals surface area contributed by atoms with Gasteiger partial charge in [0, 0.05) is 0 Å². The Bertz CT molecular complexity index is 259. The first-order valence-electron chi connectivity index (χ1n) is 5.29. The number of aliphatic hydroxyl groups is 3. The molecule has 0 saturated carbocycles. The topological polar surface area (TPSA) is 60.7 Å². The molecule has 0 rings (SSSR count). The average Bonchev–Trinajstić information content (AvgIpc) is 2.12. The second-order valence-corrected chi connectivity index (χ2v) is 4.62. The quantitative estimate of drug-likeness (QED) is 0.616. The lowest BCUT2D eigenvalue weighted by Gasteiger charge is -2.36. The van der Waals surface area contributed by atoms with Gasteiger partial charge in [0.1, 0.15) is 11.2 Å². The molecule has 0 aliphatic heterocycles. The predicted octanol–water partition coefficient (Wildman–Crippen LogP) is 1.06. The van der Waals surface area contributed by atoms with Crippen LogP contribution in [0.4, 0.5) is 0 Å². The summed E-state index contributed by atoms with van der Waals surface area (Å²) >= 11 is 0. The molecule has 0 heterocycles. The van der Waals surface area contributed by atoms with Crippen molar-refractivity contribution in [2.75, 3.05) is 0 Å². The van der Waals surface area contributed by atoms with Crippen LogP contribution in [0.3, 0.4) is 0 Å². The summed E-state index contributed by atoms with van der Waals surface area (Å²) < 4.78 is 0. The first-order chi connectivity index (χ1) is 6.58. The first-order valence-corrected chi connectivity index (χ1v) is 5.29. The van der Waals surface area contributed by atoms with Gasteiger partial charge in [-0.15, -0.1) is 0 Å². The van der Waals surface area contributed by atoms with Crippen LogP contribution in [0, 0.1) is 11.8 Å². The molecule has 0 aliphatic rings. The fraction of sp³-hybridized carbons (Fsp3) is 0.833. The zero-order valence-corrected chi connectivity index (χ0v) is 10.3. The average molecular weight is 214 g/mol. The highest BCUT2D eigenvalue weighted by Gasteiger charge is 2.41. The highest BCUT2D eigenvalue weighted by atomic mass is 16.4. The molecule has 1 atom stereocenters. The van der Waals surface area contributed by atoms with E-state index in [4.69, 9.17) is 0 Å². The Balaban J connectivity index is 5.03. The van der Waals surface area contributed by atoms with Crippen molar-refractivity contribution < 1.29 is 15.3 Å². The third-order valence-corrected chi connectivity index (χ3v) is 2.69. The maximum atomic E-state index is 10.1. The minimum absolute atomic E-state index is 0.414. The predicted molar refractivity (Wildman–Crippen MR) is 60.2 cm³/mol. The smallest absolute Gasteiger partial charge is 0.151 e. The van der Waals surface area contributed by atoms with Crippen molar-refractivity contribution in [3.05, 3.63) is 0 Å². The normalized spacial score (nSPS) is 16.5. The van der Waals surface area contributed by atoms with E-state index in [-0.39, 0.29) is 0 Å². The lowest BCUT2D eigenvalue weighted by atomic mass is 9.80. The molecule has 0 aromatic rings. The Morgan fingerprint density at radius 3 is 1.53 bits per heavy atom. The summed E-state index contributed by atoms with van der Waals surface area (Å²) in [6, 6.07) is 0. The molecule has 0 bridgehead atoms. The SMILES string of the molecule is CCC(O)(CC)C(C)(O)C#CC(C)(C)O. The zero-order chi connectivity index (χ0) is 12.3. The van der Waals surface area contributed by atoms with Crippen molar-refractivity contribution in [2.45, 2.75) is 64.3 Å². The van der Waals surface area contributed by atoms with Crippen LogP contribution in [-0.4, -0.2) is 32.1 Å². The molecule has 1 unspecified atom stereocenters. The van der Waals surface area contributed by atoms with E-state index in [1.165, 1.54) is 20.8 Å². The van der Waals surface area contributed by atoms with Crippen molar-refractivity contribution in [3.8, 4) is 11.8 Å². The molecule has 88 valence electrons. The molecule has 3 heteroatoms. The van der Waals surface area contributed by atoms with E-state index < -0.39 is 16.8 Å². The minimum atomic E-state index is -1.50. The Hall–Kier alpha value is -0.560. The monoisotopic (exact) mass is 214 g/mol. The van der Waals surface area contributed by atoms with Gasteiger partial charge in [-0.25, -0.2) is 0 Å². The van der Waals surface area contributed by atoms with Gasteiger partial charge < -0.3 is 15.3 Å². The Morgan fingerprint density at radius 1 is 0.867 bits per heavy atom. The van der Waals surface area contributed by atoms with Crippen LogP contribution < -0.4 is 0 Å². The maximum Gasteiger partial charge on any atom is 0.151 e. The lowest BCUT2D eigenvalue weighted by Crippen LogP contribution is -2.50. The van der Waals surface area contributed by atoms with Gasteiger partial charge in [-0.1, -0.05) is 25.7 Å². The zero-order valence-electron chi connectivity index (χ0n) is 10.3. The van der Waals surface area contributed by atoms with E-state index >= 15 is 0 Å². The van der Waals surface area contributed by atoms with Gasteiger partial charge in [0.15, 0.2) is 5.60 Å². The molecular weight excluding hydrogens is 192 g/mol. The molecule has 3 N–H and O–H groups in total. The second kappa shape index (κ2) is 4.52. The van der Waals surface area contributed by atoms with Gasteiger partial charge >= 0.3 is 0 Å². The number of hydrogen-bond acceptors (Lipinski definition) is 3. The standard InChI is InChI=1S/C12H22O3/c1-6-12(15,7-2)11(5,14)9-8-10(3,4)13/h13-15H,6-7H2,1-5H3. The molecule has 0 spiro atoms. The molecular formula is C12H22O3. The van der Waals surface area contributed by atoms with Crippen LogP contribution >= 0.6 is 0 Å². The van der Waals surface area contributed by atoms with Crippen LogP contribution in [0.1, 0.15) is 47.5 Å². The molecule has 0 amide bonds. The third kappa shape index (κ3) is 3.83. The molecule has 0 aromatic carbocycles. The summed E-state index contributed by atoms with van der Waals surface area (Å²) in [5.74, 6) is 5.08.